The number of ether oxygens (including phenoxy) is 7. The molecule has 4 atom stereocenters. The average molecular weight is 1200 g/mol. The zero-order valence-electron chi connectivity index (χ0n) is 50.0. The molecule has 3 aromatic rings. The maximum Gasteiger partial charge on any atom is 0.430 e. The number of para-hydroxylation sites is 1. The van der Waals surface area contributed by atoms with Gasteiger partial charge in [0.05, 0.1) is 109 Å². The van der Waals surface area contributed by atoms with Crippen LogP contribution >= 0.6 is 0 Å². The molecule has 3 aliphatic rings. The fraction of sp³-hybridized carbons (Fsp3) is 0.621. The van der Waals surface area contributed by atoms with Crippen LogP contribution in [0.4, 0.5) is 18.0 Å². The SMILES string of the molecule is CCc1c2c(nc3ccccc13)-c1cc3c(c(=O)n1C2)COC(=O)[C@@]3(CC)OC(=O)[C@@H](NC(=O)[C@@H]1CCCN1C(=O)[C@H](CC(=O)OCCC[N+](C)(C)C)NC(=O)CCOCCOCCOCCNC(=O)OC(C)(C)C)C(C)C.O=C([O-])C(F)(F)F. The first-order chi connectivity index (χ1) is 39.9. The third-order valence-corrected chi connectivity index (χ3v) is 14.0. The van der Waals surface area contributed by atoms with Gasteiger partial charge in [0.1, 0.15) is 36.3 Å². The first-order valence-corrected chi connectivity index (χ1v) is 28.4. The van der Waals surface area contributed by atoms with E-state index in [2.05, 4.69) is 16.0 Å². The number of quaternary nitrogens is 1. The second-order valence-electron chi connectivity index (χ2n) is 22.9. The number of halogens is 3. The normalized spacial score (nSPS) is 17.1. The van der Waals surface area contributed by atoms with Crippen LogP contribution in [-0.2, 0) is 91.9 Å². The summed E-state index contributed by atoms with van der Waals surface area (Å²) in [5.74, 6) is -8.08. The molecule has 0 radical (unpaired) electrons. The fourth-order valence-electron chi connectivity index (χ4n) is 9.82. The molecular weight excluding hydrogens is 1120 g/mol. The Balaban J connectivity index is 0.00000177. The van der Waals surface area contributed by atoms with E-state index in [-0.39, 0.29) is 103 Å². The van der Waals surface area contributed by atoms with Gasteiger partial charge in [0.15, 0.2) is 0 Å². The number of cyclic esters (lactones) is 1. The molecule has 470 valence electrons. The summed E-state index contributed by atoms with van der Waals surface area (Å²) in [5.41, 5.74) is 1.12. The number of aromatic nitrogens is 2. The number of alkyl carbamates (subject to hydrolysis) is 1. The number of carbonyl (C=O) groups is 8. The smallest absolute Gasteiger partial charge is 0.430 e. The number of aliphatic carboxylic acids is 1. The lowest BCUT2D eigenvalue weighted by Crippen LogP contribution is -2.57. The van der Waals surface area contributed by atoms with Crippen molar-refractivity contribution in [2.45, 2.75) is 142 Å². The summed E-state index contributed by atoms with van der Waals surface area (Å²) in [4.78, 5) is 125. The Bertz CT molecular complexity index is 2960. The van der Waals surface area contributed by atoms with E-state index in [1.165, 1.54) is 4.90 Å². The summed E-state index contributed by atoms with van der Waals surface area (Å²) in [6.45, 7) is 14.7. The number of hydrogen-bond donors (Lipinski definition) is 3. The minimum atomic E-state index is -5.19. The van der Waals surface area contributed by atoms with Gasteiger partial charge in [0.25, 0.3) is 5.56 Å². The zero-order valence-corrected chi connectivity index (χ0v) is 50.0. The van der Waals surface area contributed by atoms with Crippen LogP contribution in [-0.4, -0.2) is 184 Å². The Kier molecular flexibility index (Phi) is 24.4. The highest BCUT2D eigenvalue weighted by Gasteiger charge is 2.52. The van der Waals surface area contributed by atoms with Gasteiger partial charge in [-0.15, -0.1) is 0 Å². The van der Waals surface area contributed by atoms with Crippen LogP contribution in [0, 0.1) is 5.92 Å². The molecule has 85 heavy (non-hydrogen) atoms. The minimum Gasteiger partial charge on any atom is -0.542 e. The predicted octanol–water partition coefficient (Wildman–Crippen LogP) is 3.10. The molecule has 5 heterocycles. The van der Waals surface area contributed by atoms with Crippen molar-refractivity contribution in [3.63, 3.8) is 0 Å². The molecule has 0 aliphatic carbocycles. The van der Waals surface area contributed by atoms with Crippen molar-refractivity contribution in [2.75, 3.05) is 87.0 Å². The Morgan fingerprint density at radius 1 is 0.906 bits per heavy atom. The van der Waals surface area contributed by atoms with Crippen molar-refractivity contribution < 1.29 is 94.3 Å². The van der Waals surface area contributed by atoms with Crippen LogP contribution in [0.15, 0.2) is 35.1 Å². The number of benzene rings is 1. The summed E-state index contributed by atoms with van der Waals surface area (Å²) < 4.78 is 72.9. The number of nitrogens with zero attached hydrogens (tertiary/aromatic N) is 4. The van der Waals surface area contributed by atoms with E-state index in [1.807, 2.05) is 52.3 Å². The van der Waals surface area contributed by atoms with Crippen molar-refractivity contribution >= 4 is 58.6 Å². The first kappa shape index (κ1) is 68.5. The lowest BCUT2D eigenvalue weighted by atomic mass is 9.85. The van der Waals surface area contributed by atoms with Crippen molar-refractivity contribution in [1.29, 1.82) is 0 Å². The number of amides is 4. The largest absolute Gasteiger partial charge is 0.542 e. The van der Waals surface area contributed by atoms with E-state index in [1.54, 1.807) is 52.2 Å². The highest BCUT2D eigenvalue weighted by Crippen LogP contribution is 2.42. The third-order valence-electron chi connectivity index (χ3n) is 14.0. The highest BCUT2D eigenvalue weighted by atomic mass is 19.4. The molecule has 2 aromatic heterocycles. The number of likely N-dealkylation sites (tertiary alicyclic amines) is 1. The standard InChI is InChI=1S/C56H79N7O15.C2HF3O2/c1-11-36-37-17-13-14-18-41(37)59-48-38(36)33-62-44(48)31-40-39(50(62)67)34-76-53(70)56(40,12-2)77-52(69)47(35(3)4)60-49(66)43-19-15-22-61(43)51(68)42(32-46(65)75-24-16-23-63(8,9)10)58-45(64)20-25-72-27-29-74-30-28-73-26-21-57-54(71)78-55(5,6)7;3-2(4,5)1(6)7/h13-14,17-18,31,35,42-43,47H,11-12,15-16,19-30,32-34H2,1-10H3,(H2-,57,58,60,64,66,71);(H,6,7)/t42-,43-,47-,56-;/m0./s1. The van der Waals surface area contributed by atoms with Crippen LogP contribution in [0.5, 0.6) is 0 Å². The number of rotatable bonds is 27. The van der Waals surface area contributed by atoms with Crippen molar-refractivity contribution in [2.24, 2.45) is 5.92 Å². The molecule has 0 unspecified atom stereocenters. The second-order valence-corrected chi connectivity index (χ2v) is 22.9. The second kappa shape index (κ2) is 30.2. The van der Waals surface area contributed by atoms with Crippen LogP contribution < -0.4 is 26.6 Å². The molecule has 4 amide bonds. The van der Waals surface area contributed by atoms with Crippen molar-refractivity contribution in [3.05, 3.63) is 62.9 Å². The Hall–Kier alpha value is -7.23. The Morgan fingerprint density at radius 3 is 2.16 bits per heavy atom. The van der Waals surface area contributed by atoms with Crippen LogP contribution in [0.1, 0.15) is 109 Å². The molecule has 3 N–H and O–H groups in total. The van der Waals surface area contributed by atoms with Gasteiger partial charge >= 0.3 is 30.2 Å². The number of nitrogens with one attached hydrogen (secondary N) is 3. The lowest BCUT2D eigenvalue weighted by molar-refractivity contribution is -0.870. The maximum atomic E-state index is 14.5. The summed E-state index contributed by atoms with van der Waals surface area (Å²) in [7, 11) is 6.02. The summed E-state index contributed by atoms with van der Waals surface area (Å²) in [6.07, 6.45) is -4.62. The van der Waals surface area contributed by atoms with E-state index in [4.69, 9.17) is 48.0 Å². The molecule has 0 bridgehead atoms. The first-order valence-electron chi connectivity index (χ1n) is 28.4. The molecule has 3 aliphatic heterocycles. The fourth-order valence-corrected chi connectivity index (χ4v) is 9.82. The lowest BCUT2D eigenvalue weighted by Gasteiger charge is -2.37. The summed E-state index contributed by atoms with van der Waals surface area (Å²) >= 11 is 0. The number of pyridine rings is 2. The van der Waals surface area contributed by atoms with Gasteiger partial charge in [-0.1, -0.05) is 45.9 Å². The Labute approximate surface area is 491 Å². The van der Waals surface area contributed by atoms with Crippen LogP contribution in [0.3, 0.4) is 0 Å². The number of fused-ring (bicyclic) bond motifs is 5. The number of aryl methyl sites for hydroxylation is 1. The maximum absolute atomic E-state index is 14.5. The molecule has 0 spiro atoms. The summed E-state index contributed by atoms with van der Waals surface area (Å²) in [5, 5.41) is 17.8. The molecule has 24 nitrogen and oxygen atoms in total. The van der Waals surface area contributed by atoms with Crippen molar-refractivity contribution in [1.82, 2.24) is 30.4 Å². The minimum absolute atomic E-state index is 0.0237. The average Bonchev–Trinajstić information content (AvgIpc) is 1.82. The van der Waals surface area contributed by atoms with Gasteiger partial charge in [-0.2, -0.15) is 13.2 Å². The molecule has 27 heteroatoms. The topological polar surface area (TPSA) is 298 Å². The van der Waals surface area contributed by atoms with Crippen molar-refractivity contribution in [3.8, 4) is 11.4 Å². The van der Waals surface area contributed by atoms with Gasteiger partial charge < -0.3 is 73.0 Å². The highest BCUT2D eigenvalue weighted by molar-refractivity contribution is 5.96. The van der Waals surface area contributed by atoms with Gasteiger partial charge in [-0.3, -0.25) is 24.0 Å². The van der Waals surface area contributed by atoms with Gasteiger partial charge in [0.2, 0.25) is 23.3 Å². The molecule has 1 fully saturated rings. The monoisotopic (exact) mass is 1200 g/mol. The third kappa shape index (κ3) is 18.9. The van der Waals surface area contributed by atoms with E-state index in [0.29, 0.717) is 35.1 Å². The van der Waals surface area contributed by atoms with E-state index in [9.17, 15) is 51.5 Å². The molecule has 0 saturated carbocycles. The van der Waals surface area contributed by atoms with Gasteiger partial charge in [-0.05, 0) is 70.1 Å². The number of alkyl halides is 3. The van der Waals surface area contributed by atoms with Gasteiger partial charge in [-0.25, -0.2) is 19.4 Å². The molecule has 1 aromatic carbocycles. The number of carbonyl (C=O) groups excluding carboxylic acids is 8. The predicted molar refractivity (Wildman–Crippen MR) is 297 cm³/mol. The van der Waals surface area contributed by atoms with E-state index < -0.39 is 101 Å². The number of carboxylic acid groups (broad SMARTS) is 1. The van der Waals surface area contributed by atoms with Gasteiger partial charge in [0, 0.05) is 42.4 Å². The quantitative estimate of drug-likeness (QED) is 0.0334. The van der Waals surface area contributed by atoms with E-state index >= 15 is 0 Å². The molecule has 1 saturated heterocycles. The number of carboxylic acids is 1. The number of hydrogen-bond acceptors (Lipinski definition) is 18. The van der Waals surface area contributed by atoms with E-state index in [0.717, 1.165) is 28.6 Å². The summed E-state index contributed by atoms with van der Waals surface area (Å²) in [6, 6.07) is 5.62. The Morgan fingerprint density at radius 2 is 1.55 bits per heavy atom. The molecular formula is C58H80F3N7O17. The number of esters is 3. The van der Waals surface area contributed by atoms with Crippen LogP contribution in [0.2, 0.25) is 0 Å². The molecule has 6 rings (SSSR count). The zero-order chi connectivity index (χ0) is 63.0. The van der Waals surface area contributed by atoms with Crippen LogP contribution in [0.25, 0.3) is 22.3 Å².